The third kappa shape index (κ3) is 4.15. The van der Waals surface area contributed by atoms with Crippen LogP contribution < -0.4 is 10.6 Å². The smallest absolute Gasteiger partial charge is 0.254 e. The number of carbonyl (C=O) groups excluding carboxylic acids is 1. The summed E-state index contributed by atoms with van der Waals surface area (Å²) in [4.78, 5) is 20.9. The van der Waals surface area contributed by atoms with Gasteiger partial charge in [-0.05, 0) is 38.8 Å². The molecule has 20 heavy (non-hydrogen) atoms. The van der Waals surface area contributed by atoms with Crippen LogP contribution in [-0.2, 0) is 0 Å². The molecule has 0 bridgehead atoms. The van der Waals surface area contributed by atoms with Crippen LogP contribution in [0.2, 0.25) is 0 Å². The Morgan fingerprint density at radius 2 is 2.05 bits per heavy atom. The summed E-state index contributed by atoms with van der Waals surface area (Å²) >= 11 is 0. The number of hydrogen-bond donors (Lipinski definition) is 2. The highest BCUT2D eigenvalue weighted by atomic mass is 35.5. The second-order valence-corrected chi connectivity index (χ2v) is 5.37. The molecule has 1 saturated heterocycles. The van der Waals surface area contributed by atoms with E-state index in [9.17, 15) is 4.79 Å². The second kappa shape index (κ2) is 7.55. The lowest BCUT2D eigenvalue weighted by Crippen LogP contribution is -2.43. The fraction of sp³-hybridized carbons (Fsp3) is 0.643. The predicted octanol–water partition coefficient (Wildman–Crippen LogP) is 1.81. The van der Waals surface area contributed by atoms with Crippen LogP contribution in [0.1, 0.15) is 54.5 Å². The summed E-state index contributed by atoms with van der Waals surface area (Å²) in [5, 5.41) is 6.38. The van der Waals surface area contributed by atoms with Crippen molar-refractivity contribution in [3.8, 4) is 0 Å². The van der Waals surface area contributed by atoms with Crippen molar-refractivity contribution in [2.75, 3.05) is 13.1 Å². The van der Waals surface area contributed by atoms with Gasteiger partial charge in [0.1, 0.15) is 5.82 Å². The van der Waals surface area contributed by atoms with Crippen molar-refractivity contribution in [3.63, 3.8) is 0 Å². The summed E-state index contributed by atoms with van der Waals surface area (Å²) in [7, 11) is 0. The van der Waals surface area contributed by atoms with Crippen LogP contribution >= 0.6 is 12.4 Å². The van der Waals surface area contributed by atoms with Crippen LogP contribution in [0.5, 0.6) is 0 Å². The van der Waals surface area contributed by atoms with E-state index >= 15 is 0 Å². The predicted molar refractivity (Wildman–Crippen MR) is 81.5 cm³/mol. The topological polar surface area (TPSA) is 66.9 Å². The molecular formula is C14H23ClN4O. The molecule has 0 radical (unpaired) electrons. The third-order valence-electron chi connectivity index (χ3n) is 3.40. The van der Waals surface area contributed by atoms with Crippen LogP contribution in [0.4, 0.5) is 0 Å². The van der Waals surface area contributed by atoms with Crippen molar-refractivity contribution < 1.29 is 4.79 Å². The molecule has 1 aromatic heterocycles. The lowest BCUT2D eigenvalue weighted by molar-refractivity contribution is 0.0927. The Morgan fingerprint density at radius 1 is 1.40 bits per heavy atom. The molecule has 1 fully saturated rings. The Bertz CT molecular complexity index is 458. The second-order valence-electron chi connectivity index (χ2n) is 5.37. The first-order valence-corrected chi connectivity index (χ1v) is 6.93. The molecule has 5 nitrogen and oxygen atoms in total. The van der Waals surface area contributed by atoms with Crippen molar-refractivity contribution in [1.29, 1.82) is 0 Å². The summed E-state index contributed by atoms with van der Waals surface area (Å²) in [6.07, 6.45) is 3.61. The molecule has 2 N–H and O–H groups in total. The Labute approximate surface area is 126 Å². The van der Waals surface area contributed by atoms with E-state index < -0.39 is 0 Å². The number of aryl methyl sites for hydroxylation is 1. The zero-order valence-corrected chi connectivity index (χ0v) is 13.1. The van der Waals surface area contributed by atoms with E-state index in [0.717, 1.165) is 31.6 Å². The SMILES string of the molecule is Cc1ncc(C(=O)NC2CCNCC2)c(C(C)C)n1.Cl. The maximum absolute atomic E-state index is 12.3. The maximum Gasteiger partial charge on any atom is 0.254 e. The van der Waals surface area contributed by atoms with Gasteiger partial charge in [-0.1, -0.05) is 13.8 Å². The zero-order chi connectivity index (χ0) is 13.8. The van der Waals surface area contributed by atoms with Crippen molar-refractivity contribution in [1.82, 2.24) is 20.6 Å². The normalized spacial score (nSPS) is 15.8. The van der Waals surface area contributed by atoms with E-state index in [1.54, 1.807) is 6.20 Å². The number of nitrogens with one attached hydrogen (secondary N) is 2. The molecule has 6 heteroatoms. The van der Waals surface area contributed by atoms with Gasteiger partial charge in [-0.15, -0.1) is 12.4 Å². The lowest BCUT2D eigenvalue weighted by atomic mass is 10.0. The number of halogens is 1. The van der Waals surface area contributed by atoms with Crippen molar-refractivity contribution in [2.45, 2.75) is 45.6 Å². The van der Waals surface area contributed by atoms with Gasteiger partial charge >= 0.3 is 0 Å². The van der Waals surface area contributed by atoms with E-state index in [-0.39, 0.29) is 30.3 Å². The Kier molecular flexibility index (Phi) is 6.36. The lowest BCUT2D eigenvalue weighted by Gasteiger charge is -2.24. The maximum atomic E-state index is 12.3. The molecule has 112 valence electrons. The molecule has 2 heterocycles. The van der Waals surface area contributed by atoms with Crippen LogP contribution in [0.25, 0.3) is 0 Å². The van der Waals surface area contributed by atoms with Crippen molar-refractivity contribution in [2.24, 2.45) is 0 Å². The van der Waals surface area contributed by atoms with Gasteiger partial charge in [-0.25, -0.2) is 9.97 Å². The largest absolute Gasteiger partial charge is 0.349 e. The highest BCUT2D eigenvalue weighted by Gasteiger charge is 2.20. The third-order valence-corrected chi connectivity index (χ3v) is 3.40. The van der Waals surface area contributed by atoms with Gasteiger partial charge in [-0.3, -0.25) is 4.79 Å². The first-order valence-electron chi connectivity index (χ1n) is 6.93. The first kappa shape index (κ1) is 16.9. The Hall–Kier alpha value is -1.20. The minimum Gasteiger partial charge on any atom is -0.349 e. The number of rotatable bonds is 3. The number of aromatic nitrogens is 2. The fourth-order valence-corrected chi connectivity index (χ4v) is 2.33. The van der Waals surface area contributed by atoms with Gasteiger partial charge in [0.2, 0.25) is 0 Å². The molecule has 1 aromatic rings. The minimum absolute atomic E-state index is 0. The van der Waals surface area contributed by atoms with E-state index in [1.807, 2.05) is 20.8 Å². The Morgan fingerprint density at radius 3 is 2.65 bits per heavy atom. The van der Waals surface area contributed by atoms with Crippen LogP contribution in [-0.4, -0.2) is 35.0 Å². The van der Waals surface area contributed by atoms with Crippen LogP contribution in [0.3, 0.4) is 0 Å². The summed E-state index contributed by atoms with van der Waals surface area (Å²) in [5.74, 6) is 0.883. The van der Waals surface area contributed by atoms with Gasteiger partial charge < -0.3 is 10.6 Å². The number of nitrogens with zero attached hydrogens (tertiary/aromatic N) is 2. The van der Waals surface area contributed by atoms with E-state index in [1.165, 1.54) is 0 Å². The van der Waals surface area contributed by atoms with Gasteiger partial charge in [-0.2, -0.15) is 0 Å². The number of carbonyl (C=O) groups is 1. The molecule has 0 aromatic carbocycles. The van der Waals surface area contributed by atoms with Gasteiger partial charge in [0.15, 0.2) is 0 Å². The van der Waals surface area contributed by atoms with Crippen molar-refractivity contribution in [3.05, 3.63) is 23.3 Å². The number of amides is 1. The highest BCUT2D eigenvalue weighted by Crippen LogP contribution is 2.17. The molecule has 1 aliphatic rings. The number of hydrogen-bond acceptors (Lipinski definition) is 4. The molecule has 2 rings (SSSR count). The quantitative estimate of drug-likeness (QED) is 0.893. The van der Waals surface area contributed by atoms with Gasteiger partial charge in [0, 0.05) is 12.2 Å². The molecule has 0 unspecified atom stereocenters. The monoisotopic (exact) mass is 298 g/mol. The summed E-state index contributed by atoms with van der Waals surface area (Å²) in [6.45, 7) is 7.87. The summed E-state index contributed by atoms with van der Waals surface area (Å²) in [5.41, 5.74) is 1.44. The average Bonchev–Trinajstić information content (AvgIpc) is 2.39. The summed E-state index contributed by atoms with van der Waals surface area (Å²) < 4.78 is 0. The molecule has 0 aliphatic carbocycles. The average molecular weight is 299 g/mol. The Balaban J connectivity index is 0.00000200. The molecule has 1 aliphatic heterocycles. The minimum atomic E-state index is -0.0457. The molecule has 0 atom stereocenters. The first-order chi connectivity index (χ1) is 9.08. The van der Waals surface area contributed by atoms with Crippen LogP contribution in [0.15, 0.2) is 6.20 Å². The number of piperidine rings is 1. The molecular weight excluding hydrogens is 276 g/mol. The summed E-state index contributed by atoms with van der Waals surface area (Å²) in [6, 6.07) is 0.259. The van der Waals surface area contributed by atoms with Gasteiger partial charge in [0.05, 0.1) is 11.3 Å². The molecule has 0 spiro atoms. The van der Waals surface area contributed by atoms with E-state index in [4.69, 9.17) is 0 Å². The standard InChI is InChI=1S/C14H22N4O.ClH/c1-9(2)13-12(8-16-10(3)17-13)14(19)18-11-4-6-15-7-5-11;/h8-9,11,15H,4-7H2,1-3H3,(H,18,19);1H. The van der Waals surface area contributed by atoms with Gasteiger partial charge in [0.25, 0.3) is 5.91 Å². The van der Waals surface area contributed by atoms with E-state index in [2.05, 4.69) is 20.6 Å². The van der Waals surface area contributed by atoms with Crippen LogP contribution in [0, 0.1) is 6.92 Å². The molecule has 0 saturated carbocycles. The zero-order valence-electron chi connectivity index (χ0n) is 12.3. The fourth-order valence-electron chi connectivity index (χ4n) is 2.33. The molecule has 1 amide bonds. The van der Waals surface area contributed by atoms with Crippen molar-refractivity contribution >= 4 is 18.3 Å². The highest BCUT2D eigenvalue weighted by molar-refractivity contribution is 5.95. The van der Waals surface area contributed by atoms with E-state index in [0.29, 0.717) is 11.4 Å².